The van der Waals surface area contributed by atoms with E-state index in [0.717, 1.165) is 18.2 Å². The van der Waals surface area contributed by atoms with Gasteiger partial charge in [0.15, 0.2) is 0 Å². The van der Waals surface area contributed by atoms with Gasteiger partial charge in [-0.2, -0.15) is 0 Å². The van der Waals surface area contributed by atoms with Gasteiger partial charge < -0.3 is 10.5 Å². The van der Waals surface area contributed by atoms with Crippen LogP contribution in [0, 0.1) is 17.5 Å². The number of hydrogen-bond donors (Lipinski definition) is 1. The average Bonchev–Trinajstić information content (AvgIpc) is 2.37. The first-order valence-electron chi connectivity index (χ1n) is 5.94. The van der Waals surface area contributed by atoms with Crippen molar-refractivity contribution >= 4 is 0 Å². The van der Waals surface area contributed by atoms with E-state index in [0.29, 0.717) is 5.75 Å². The minimum absolute atomic E-state index is 0.128. The summed E-state index contributed by atoms with van der Waals surface area (Å²) in [5, 5.41) is 0. The predicted octanol–water partition coefficient (Wildman–Crippen LogP) is 3.33. The van der Waals surface area contributed by atoms with Gasteiger partial charge in [0, 0.05) is 17.7 Å². The predicted molar refractivity (Wildman–Crippen MR) is 70.0 cm³/mol. The summed E-state index contributed by atoms with van der Waals surface area (Å²) in [6.45, 7) is 1.49. The van der Waals surface area contributed by atoms with Crippen LogP contribution in [0.15, 0.2) is 36.4 Å². The van der Waals surface area contributed by atoms with E-state index < -0.39 is 23.0 Å². The summed E-state index contributed by atoms with van der Waals surface area (Å²) in [5.41, 5.74) is 4.99. The van der Waals surface area contributed by atoms with Gasteiger partial charge >= 0.3 is 0 Å². The molecular formula is C15H14F3NO. The number of hydrogen-bond acceptors (Lipinski definition) is 2. The lowest BCUT2D eigenvalue weighted by atomic mass is 9.85. The highest BCUT2D eigenvalue weighted by atomic mass is 19.1. The fourth-order valence-corrected chi connectivity index (χ4v) is 2.05. The molecule has 0 amide bonds. The second-order valence-corrected chi connectivity index (χ2v) is 4.71. The first-order valence-corrected chi connectivity index (χ1v) is 5.94. The Balaban J connectivity index is 2.53. The molecule has 1 unspecified atom stereocenters. The van der Waals surface area contributed by atoms with Crippen molar-refractivity contribution in [3.63, 3.8) is 0 Å². The van der Waals surface area contributed by atoms with Crippen LogP contribution < -0.4 is 10.5 Å². The summed E-state index contributed by atoms with van der Waals surface area (Å²) >= 11 is 0. The molecule has 106 valence electrons. The van der Waals surface area contributed by atoms with E-state index in [1.165, 1.54) is 26.2 Å². The van der Waals surface area contributed by atoms with Gasteiger partial charge in [0.1, 0.15) is 23.2 Å². The lowest BCUT2D eigenvalue weighted by Gasteiger charge is -2.26. The van der Waals surface area contributed by atoms with Gasteiger partial charge in [-0.15, -0.1) is 0 Å². The Morgan fingerprint density at radius 2 is 1.60 bits per heavy atom. The van der Waals surface area contributed by atoms with Crippen LogP contribution in [0.5, 0.6) is 5.75 Å². The molecule has 5 heteroatoms. The minimum Gasteiger partial charge on any atom is -0.497 e. The zero-order valence-electron chi connectivity index (χ0n) is 11.1. The molecule has 0 spiro atoms. The molecule has 0 heterocycles. The summed E-state index contributed by atoms with van der Waals surface area (Å²) in [7, 11) is 1.41. The summed E-state index contributed by atoms with van der Waals surface area (Å²) in [6, 6.07) is 7.08. The van der Waals surface area contributed by atoms with Crippen LogP contribution in [0.1, 0.15) is 18.1 Å². The minimum atomic E-state index is -1.36. The molecule has 0 aromatic heterocycles. The molecule has 0 saturated heterocycles. The Morgan fingerprint density at radius 1 is 1.00 bits per heavy atom. The van der Waals surface area contributed by atoms with Gasteiger partial charge in [-0.05, 0) is 30.7 Å². The maximum atomic E-state index is 14.1. The maximum absolute atomic E-state index is 14.1. The molecule has 0 aliphatic carbocycles. The molecule has 0 saturated carbocycles. The van der Waals surface area contributed by atoms with Crippen molar-refractivity contribution in [1.82, 2.24) is 0 Å². The Bertz CT molecular complexity index is 621. The Kier molecular flexibility index (Phi) is 3.72. The van der Waals surface area contributed by atoms with Gasteiger partial charge in [-0.1, -0.05) is 6.07 Å². The molecular weight excluding hydrogens is 267 g/mol. The van der Waals surface area contributed by atoms with E-state index >= 15 is 0 Å². The van der Waals surface area contributed by atoms with Crippen LogP contribution >= 0.6 is 0 Å². The Hall–Kier alpha value is -2.01. The van der Waals surface area contributed by atoms with Crippen molar-refractivity contribution in [3.05, 3.63) is 65.0 Å². The molecule has 1 atom stereocenters. The SMILES string of the molecule is COc1ccc(C(C)(N)c2cc(F)cc(F)c2)c(F)c1. The second-order valence-electron chi connectivity index (χ2n) is 4.71. The van der Waals surface area contributed by atoms with Crippen molar-refractivity contribution in [3.8, 4) is 5.75 Å². The summed E-state index contributed by atoms with van der Waals surface area (Å²) < 4.78 is 45.5. The molecule has 2 aromatic carbocycles. The van der Waals surface area contributed by atoms with E-state index in [1.54, 1.807) is 6.07 Å². The average molecular weight is 281 g/mol. The monoisotopic (exact) mass is 281 g/mol. The van der Waals surface area contributed by atoms with Crippen LogP contribution in [-0.4, -0.2) is 7.11 Å². The van der Waals surface area contributed by atoms with E-state index in [2.05, 4.69) is 0 Å². The Morgan fingerprint density at radius 3 is 2.10 bits per heavy atom. The molecule has 20 heavy (non-hydrogen) atoms. The third kappa shape index (κ3) is 2.63. The fraction of sp³-hybridized carbons (Fsp3) is 0.200. The largest absolute Gasteiger partial charge is 0.497 e. The highest BCUT2D eigenvalue weighted by Crippen LogP contribution is 2.31. The third-order valence-electron chi connectivity index (χ3n) is 3.20. The molecule has 2 N–H and O–H groups in total. The lowest BCUT2D eigenvalue weighted by molar-refractivity contribution is 0.409. The smallest absolute Gasteiger partial charge is 0.132 e. The number of nitrogens with two attached hydrogens (primary N) is 1. The molecule has 2 rings (SSSR count). The Labute approximate surface area is 115 Å². The maximum Gasteiger partial charge on any atom is 0.132 e. The number of methoxy groups -OCH3 is 1. The van der Waals surface area contributed by atoms with Gasteiger partial charge in [0.05, 0.1) is 12.6 Å². The number of benzene rings is 2. The van der Waals surface area contributed by atoms with E-state index in [1.807, 2.05) is 0 Å². The van der Waals surface area contributed by atoms with Crippen molar-refractivity contribution in [2.45, 2.75) is 12.5 Å². The molecule has 2 nitrogen and oxygen atoms in total. The van der Waals surface area contributed by atoms with Gasteiger partial charge in [0.2, 0.25) is 0 Å². The summed E-state index contributed by atoms with van der Waals surface area (Å²) in [5.74, 6) is -1.78. The number of rotatable bonds is 3. The molecule has 2 aromatic rings. The molecule has 0 fully saturated rings. The molecule has 0 radical (unpaired) electrons. The number of halogens is 3. The van der Waals surface area contributed by atoms with E-state index in [4.69, 9.17) is 10.5 Å². The molecule has 0 aliphatic heterocycles. The zero-order valence-corrected chi connectivity index (χ0v) is 11.1. The normalized spacial score (nSPS) is 13.9. The van der Waals surface area contributed by atoms with Gasteiger partial charge in [0.25, 0.3) is 0 Å². The van der Waals surface area contributed by atoms with Crippen molar-refractivity contribution in [2.24, 2.45) is 5.73 Å². The lowest BCUT2D eigenvalue weighted by Crippen LogP contribution is -2.35. The number of ether oxygens (including phenoxy) is 1. The van der Waals surface area contributed by atoms with Crippen LogP contribution in [0.2, 0.25) is 0 Å². The van der Waals surface area contributed by atoms with Crippen molar-refractivity contribution in [1.29, 1.82) is 0 Å². The summed E-state index contributed by atoms with van der Waals surface area (Å²) in [4.78, 5) is 0. The van der Waals surface area contributed by atoms with Crippen LogP contribution in [0.4, 0.5) is 13.2 Å². The highest BCUT2D eigenvalue weighted by Gasteiger charge is 2.28. The topological polar surface area (TPSA) is 35.2 Å². The summed E-state index contributed by atoms with van der Waals surface area (Å²) in [6.07, 6.45) is 0. The van der Waals surface area contributed by atoms with Crippen LogP contribution in [0.3, 0.4) is 0 Å². The molecule has 0 bridgehead atoms. The second kappa shape index (κ2) is 5.17. The fourth-order valence-electron chi connectivity index (χ4n) is 2.05. The quantitative estimate of drug-likeness (QED) is 0.936. The third-order valence-corrected chi connectivity index (χ3v) is 3.20. The van der Waals surface area contributed by atoms with E-state index in [9.17, 15) is 13.2 Å². The van der Waals surface area contributed by atoms with Gasteiger partial charge in [-0.25, -0.2) is 13.2 Å². The highest BCUT2D eigenvalue weighted by molar-refractivity contribution is 5.41. The first-order chi connectivity index (χ1) is 9.34. The standard InChI is InChI=1S/C15H14F3NO/c1-15(19,9-5-10(16)7-11(17)6-9)13-4-3-12(20-2)8-14(13)18/h3-8H,19H2,1-2H3. The van der Waals surface area contributed by atoms with E-state index in [-0.39, 0.29) is 11.1 Å². The van der Waals surface area contributed by atoms with Gasteiger partial charge in [-0.3, -0.25) is 0 Å². The zero-order chi connectivity index (χ0) is 14.9. The molecule has 0 aliphatic rings. The van der Waals surface area contributed by atoms with Crippen LogP contribution in [0.25, 0.3) is 0 Å². The van der Waals surface area contributed by atoms with Crippen molar-refractivity contribution in [2.75, 3.05) is 7.11 Å². The van der Waals surface area contributed by atoms with Crippen molar-refractivity contribution < 1.29 is 17.9 Å². The van der Waals surface area contributed by atoms with Crippen LogP contribution in [-0.2, 0) is 5.54 Å². The first kappa shape index (κ1) is 14.4.